The van der Waals surface area contributed by atoms with E-state index < -0.39 is 0 Å². The predicted octanol–water partition coefficient (Wildman–Crippen LogP) is 2.31. The maximum atomic E-state index is 11.4. The van der Waals surface area contributed by atoms with Crippen molar-refractivity contribution in [2.75, 3.05) is 6.54 Å². The molecule has 0 saturated heterocycles. The maximum Gasteiger partial charge on any atom is 0.176 e. The Hall–Kier alpha value is -2.26. The van der Waals surface area contributed by atoms with Crippen molar-refractivity contribution in [1.82, 2.24) is 0 Å². The average molecular weight is 239 g/mol. The van der Waals surface area contributed by atoms with Crippen LogP contribution < -0.4 is 5.73 Å². The molecule has 2 N–H and O–H groups in total. The lowest BCUT2D eigenvalue weighted by Gasteiger charge is -2.04. The molecule has 0 atom stereocenters. The third-order valence-corrected chi connectivity index (χ3v) is 2.75. The van der Waals surface area contributed by atoms with Crippen molar-refractivity contribution >= 4 is 12.1 Å². The number of ketones is 1. The Morgan fingerprint density at radius 1 is 1.06 bits per heavy atom. The van der Waals surface area contributed by atoms with Crippen LogP contribution in [0.1, 0.15) is 20.7 Å². The zero-order valence-electron chi connectivity index (χ0n) is 9.80. The van der Waals surface area contributed by atoms with E-state index in [-0.39, 0.29) is 12.3 Å². The van der Waals surface area contributed by atoms with Crippen LogP contribution in [0.25, 0.3) is 11.1 Å². The number of hydrogen-bond donors (Lipinski definition) is 1. The van der Waals surface area contributed by atoms with Gasteiger partial charge >= 0.3 is 0 Å². The summed E-state index contributed by atoms with van der Waals surface area (Å²) in [5.74, 6) is -0.0804. The van der Waals surface area contributed by atoms with E-state index >= 15 is 0 Å². The van der Waals surface area contributed by atoms with Crippen molar-refractivity contribution in [2.45, 2.75) is 0 Å². The van der Waals surface area contributed by atoms with Gasteiger partial charge in [0.15, 0.2) is 5.78 Å². The zero-order chi connectivity index (χ0) is 13.0. The van der Waals surface area contributed by atoms with Crippen molar-refractivity contribution in [2.24, 2.45) is 5.73 Å². The lowest BCUT2D eigenvalue weighted by molar-refractivity contribution is 0.100. The lowest BCUT2D eigenvalue weighted by Crippen LogP contribution is -2.13. The molecular weight excluding hydrogens is 226 g/mol. The normalized spacial score (nSPS) is 10.1. The van der Waals surface area contributed by atoms with E-state index in [4.69, 9.17) is 5.73 Å². The van der Waals surface area contributed by atoms with Gasteiger partial charge in [0.05, 0.1) is 6.54 Å². The van der Waals surface area contributed by atoms with Crippen LogP contribution in [-0.2, 0) is 0 Å². The first-order valence-corrected chi connectivity index (χ1v) is 5.63. The average Bonchev–Trinajstić information content (AvgIpc) is 2.46. The summed E-state index contributed by atoms with van der Waals surface area (Å²) in [6, 6.07) is 14.5. The molecular formula is C15H13NO2. The van der Waals surface area contributed by atoms with E-state index in [1.807, 2.05) is 30.3 Å². The molecule has 2 aromatic carbocycles. The van der Waals surface area contributed by atoms with Gasteiger partial charge in [-0.15, -0.1) is 0 Å². The summed E-state index contributed by atoms with van der Waals surface area (Å²) in [7, 11) is 0. The summed E-state index contributed by atoms with van der Waals surface area (Å²) < 4.78 is 0. The second-order valence-corrected chi connectivity index (χ2v) is 3.95. The summed E-state index contributed by atoms with van der Waals surface area (Å²) in [5.41, 5.74) is 8.46. The van der Waals surface area contributed by atoms with Gasteiger partial charge in [-0.05, 0) is 17.2 Å². The fourth-order valence-corrected chi connectivity index (χ4v) is 1.76. The number of hydrogen-bond acceptors (Lipinski definition) is 3. The monoisotopic (exact) mass is 239 g/mol. The van der Waals surface area contributed by atoms with Gasteiger partial charge in [0.2, 0.25) is 0 Å². The Morgan fingerprint density at radius 3 is 2.39 bits per heavy atom. The van der Waals surface area contributed by atoms with Gasteiger partial charge < -0.3 is 5.73 Å². The van der Waals surface area contributed by atoms with Gasteiger partial charge in [0.25, 0.3) is 0 Å². The fourth-order valence-electron chi connectivity index (χ4n) is 1.76. The molecule has 0 aliphatic carbocycles. The quantitative estimate of drug-likeness (QED) is 0.658. The molecule has 2 rings (SSSR count). The zero-order valence-corrected chi connectivity index (χ0v) is 9.80. The molecule has 0 aromatic heterocycles. The van der Waals surface area contributed by atoms with Gasteiger partial charge in [-0.25, -0.2) is 0 Å². The molecule has 0 amide bonds. The van der Waals surface area contributed by atoms with Crippen LogP contribution in [0.5, 0.6) is 0 Å². The summed E-state index contributed by atoms with van der Waals surface area (Å²) in [5, 5.41) is 0. The van der Waals surface area contributed by atoms with Crippen molar-refractivity contribution in [3.63, 3.8) is 0 Å². The molecule has 3 nitrogen and oxygen atoms in total. The van der Waals surface area contributed by atoms with Crippen LogP contribution in [0.4, 0.5) is 0 Å². The van der Waals surface area contributed by atoms with Gasteiger partial charge in [-0.2, -0.15) is 0 Å². The van der Waals surface area contributed by atoms with E-state index in [1.165, 1.54) is 0 Å². The first kappa shape index (κ1) is 12.2. The molecule has 0 saturated carbocycles. The number of carbonyl (C=O) groups is 2. The van der Waals surface area contributed by atoms with Crippen LogP contribution in [-0.4, -0.2) is 18.6 Å². The van der Waals surface area contributed by atoms with Crippen LogP contribution in [0, 0.1) is 0 Å². The number of rotatable bonds is 4. The molecule has 0 radical (unpaired) electrons. The van der Waals surface area contributed by atoms with E-state index in [2.05, 4.69) is 0 Å². The van der Waals surface area contributed by atoms with Gasteiger partial charge in [0.1, 0.15) is 6.29 Å². The first-order valence-electron chi connectivity index (χ1n) is 5.63. The minimum Gasteiger partial charge on any atom is -0.324 e. The third kappa shape index (κ3) is 2.52. The highest BCUT2D eigenvalue weighted by atomic mass is 16.1. The standard InChI is InChI=1S/C15H13NO2/c16-9-15(18)13-6-4-12(5-7-13)14-3-1-2-11(8-14)10-17/h1-8,10H,9,16H2. The molecule has 0 bridgehead atoms. The van der Waals surface area contributed by atoms with E-state index in [1.54, 1.807) is 18.2 Å². The Morgan fingerprint density at radius 2 is 1.78 bits per heavy atom. The molecule has 18 heavy (non-hydrogen) atoms. The van der Waals surface area contributed by atoms with Crippen molar-refractivity contribution in [3.8, 4) is 11.1 Å². The summed E-state index contributed by atoms with van der Waals surface area (Å²) in [6.45, 7) is 0.0139. The molecule has 2 aromatic rings. The van der Waals surface area contributed by atoms with Gasteiger partial charge in [0, 0.05) is 11.1 Å². The third-order valence-electron chi connectivity index (χ3n) is 2.75. The van der Waals surface area contributed by atoms with Crippen molar-refractivity contribution < 1.29 is 9.59 Å². The van der Waals surface area contributed by atoms with Gasteiger partial charge in [-0.1, -0.05) is 42.5 Å². The minimum atomic E-state index is -0.0804. The Balaban J connectivity index is 2.33. The molecule has 0 unspecified atom stereocenters. The fraction of sp³-hybridized carbons (Fsp3) is 0.0667. The summed E-state index contributed by atoms with van der Waals surface area (Å²) in [4.78, 5) is 22.1. The lowest BCUT2D eigenvalue weighted by atomic mass is 10.0. The Kier molecular flexibility index (Phi) is 3.65. The molecule has 90 valence electrons. The maximum absolute atomic E-state index is 11.4. The van der Waals surface area contributed by atoms with Crippen molar-refractivity contribution in [3.05, 3.63) is 59.7 Å². The molecule has 3 heteroatoms. The Labute approximate surface area is 105 Å². The second-order valence-electron chi connectivity index (χ2n) is 3.95. The largest absolute Gasteiger partial charge is 0.324 e. The molecule has 0 fully saturated rings. The number of aldehydes is 1. The number of nitrogens with two attached hydrogens (primary N) is 1. The van der Waals surface area contributed by atoms with Crippen LogP contribution >= 0.6 is 0 Å². The topological polar surface area (TPSA) is 60.2 Å². The SMILES string of the molecule is NCC(=O)c1ccc(-c2cccc(C=O)c2)cc1. The van der Waals surface area contributed by atoms with E-state index in [9.17, 15) is 9.59 Å². The summed E-state index contributed by atoms with van der Waals surface area (Å²) in [6.07, 6.45) is 0.815. The number of Topliss-reactive ketones (excluding diaryl/α,β-unsaturated/α-hetero) is 1. The van der Waals surface area contributed by atoms with Crippen LogP contribution in [0.2, 0.25) is 0 Å². The smallest absolute Gasteiger partial charge is 0.176 e. The van der Waals surface area contributed by atoms with Crippen molar-refractivity contribution in [1.29, 1.82) is 0 Å². The minimum absolute atomic E-state index is 0.0139. The van der Waals surface area contributed by atoms with Crippen LogP contribution in [0.3, 0.4) is 0 Å². The van der Waals surface area contributed by atoms with Crippen LogP contribution in [0.15, 0.2) is 48.5 Å². The van der Waals surface area contributed by atoms with E-state index in [0.717, 1.165) is 17.4 Å². The highest BCUT2D eigenvalue weighted by Gasteiger charge is 2.04. The molecule has 0 spiro atoms. The highest BCUT2D eigenvalue weighted by molar-refractivity contribution is 5.97. The van der Waals surface area contributed by atoms with E-state index in [0.29, 0.717) is 11.1 Å². The van der Waals surface area contributed by atoms with Gasteiger partial charge in [-0.3, -0.25) is 9.59 Å². The number of benzene rings is 2. The second kappa shape index (κ2) is 5.38. The number of carbonyl (C=O) groups excluding carboxylic acids is 2. The summed E-state index contributed by atoms with van der Waals surface area (Å²) >= 11 is 0. The first-order chi connectivity index (χ1) is 8.74. The predicted molar refractivity (Wildman–Crippen MR) is 70.7 cm³/mol. The Bertz CT molecular complexity index is 573. The molecule has 0 heterocycles. The molecule has 0 aliphatic heterocycles. The molecule has 0 aliphatic rings. The highest BCUT2D eigenvalue weighted by Crippen LogP contribution is 2.20.